The zero-order valence-electron chi connectivity index (χ0n) is 13.5. The Morgan fingerprint density at radius 3 is 2.38 bits per heavy atom. The van der Waals surface area contributed by atoms with Crippen LogP contribution in [0, 0.1) is 0 Å². The van der Waals surface area contributed by atoms with Crippen LogP contribution >= 0.6 is 0 Å². The van der Waals surface area contributed by atoms with Crippen molar-refractivity contribution in [3.05, 3.63) is 10.4 Å². The number of nitrogens with zero attached hydrogens (tertiary/aromatic N) is 6. The van der Waals surface area contributed by atoms with Gasteiger partial charge in [0.25, 0.3) is 5.91 Å². The largest absolute Gasteiger partial charge is 0.328 e. The van der Waals surface area contributed by atoms with Crippen molar-refractivity contribution in [3.63, 3.8) is 0 Å². The van der Waals surface area contributed by atoms with Crippen LogP contribution in [0.1, 0.15) is 20.3 Å². The normalized spacial score (nSPS) is 18.1. The Balaban J connectivity index is 2.51. The van der Waals surface area contributed by atoms with Gasteiger partial charge >= 0.3 is 6.03 Å². The number of azide groups is 1. The standard InChI is InChI=1S/C13H25N6O2/c1-13(2)11(20)18(12(21)17(13)3)8-6-9-19(4,5)10-7-15-16-14/h6-10H2,1-5H3/q+1. The van der Waals surface area contributed by atoms with Gasteiger partial charge in [-0.05, 0) is 19.4 Å². The van der Waals surface area contributed by atoms with Crippen molar-refractivity contribution in [1.82, 2.24) is 9.80 Å². The molecule has 1 rings (SSSR count). The third kappa shape index (κ3) is 3.86. The van der Waals surface area contributed by atoms with Gasteiger partial charge in [-0.3, -0.25) is 9.69 Å². The molecule has 0 N–H and O–H groups in total. The first-order chi connectivity index (χ1) is 9.63. The molecule has 0 saturated carbocycles. The number of carbonyl (C=O) groups excluding carboxylic acids is 2. The van der Waals surface area contributed by atoms with Crippen molar-refractivity contribution in [2.24, 2.45) is 5.11 Å². The second kappa shape index (κ2) is 6.32. The van der Waals surface area contributed by atoms with Crippen molar-refractivity contribution in [2.45, 2.75) is 25.8 Å². The minimum atomic E-state index is -0.761. The molecule has 3 amide bonds. The van der Waals surface area contributed by atoms with Gasteiger partial charge in [0.05, 0.1) is 33.7 Å². The highest BCUT2D eigenvalue weighted by Gasteiger charge is 2.48. The van der Waals surface area contributed by atoms with Gasteiger partial charge < -0.3 is 9.38 Å². The number of rotatable bonds is 7. The maximum absolute atomic E-state index is 12.2. The van der Waals surface area contributed by atoms with Gasteiger partial charge in [-0.1, -0.05) is 5.11 Å². The molecule has 1 heterocycles. The maximum atomic E-state index is 12.2. The lowest BCUT2D eigenvalue weighted by Crippen LogP contribution is -2.44. The summed E-state index contributed by atoms with van der Waals surface area (Å²) in [6.45, 7) is 5.93. The van der Waals surface area contributed by atoms with Crippen LogP contribution in [0.5, 0.6) is 0 Å². The van der Waals surface area contributed by atoms with E-state index in [0.717, 1.165) is 19.5 Å². The fourth-order valence-electron chi connectivity index (χ4n) is 2.31. The molecule has 118 valence electrons. The van der Waals surface area contributed by atoms with Gasteiger partial charge in [-0.15, -0.1) is 0 Å². The molecule has 1 aliphatic heterocycles. The number of hydrogen-bond donors (Lipinski definition) is 0. The predicted octanol–water partition coefficient (Wildman–Crippen LogP) is 1.44. The summed E-state index contributed by atoms with van der Waals surface area (Å²) in [5.74, 6) is -0.144. The van der Waals surface area contributed by atoms with Gasteiger partial charge in [0.15, 0.2) is 0 Å². The summed E-state index contributed by atoms with van der Waals surface area (Å²) in [4.78, 5) is 29.8. The van der Waals surface area contributed by atoms with Crippen LogP contribution in [-0.4, -0.2) is 79.1 Å². The molecule has 0 atom stereocenters. The summed E-state index contributed by atoms with van der Waals surface area (Å²) in [5, 5.41) is 3.54. The molecule has 8 heteroatoms. The molecule has 1 aliphatic rings. The Kier molecular flexibility index (Phi) is 5.20. The van der Waals surface area contributed by atoms with E-state index in [1.54, 1.807) is 20.9 Å². The Labute approximate surface area is 125 Å². The summed E-state index contributed by atoms with van der Waals surface area (Å²) >= 11 is 0. The Morgan fingerprint density at radius 1 is 1.29 bits per heavy atom. The van der Waals surface area contributed by atoms with E-state index >= 15 is 0 Å². The highest BCUT2D eigenvalue weighted by Crippen LogP contribution is 2.25. The summed E-state index contributed by atoms with van der Waals surface area (Å²) in [6.07, 6.45) is 0.727. The quantitative estimate of drug-likeness (QED) is 0.234. The minimum Gasteiger partial charge on any atom is -0.328 e. The van der Waals surface area contributed by atoms with Gasteiger partial charge in [-0.25, -0.2) is 4.79 Å². The molecule has 0 aromatic heterocycles. The van der Waals surface area contributed by atoms with Crippen molar-refractivity contribution in [1.29, 1.82) is 0 Å². The lowest BCUT2D eigenvalue weighted by atomic mass is 10.1. The van der Waals surface area contributed by atoms with E-state index in [4.69, 9.17) is 5.53 Å². The first kappa shape index (κ1) is 17.3. The number of carbonyl (C=O) groups is 2. The third-order valence-corrected chi connectivity index (χ3v) is 4.14. The molecule has 0 aliphatic carbocycles. The van der Waals surface area contributed by atoms with Crippen LogP contribution < -0.4 is 0 Å². The minimum absolute atomic E-state index is 0.144. The Hall–Kier alpha value is -1.79. The van der Waals surface area contributed by atoms with Gasteiger partial charge in [0, 0.05) is 24.9 Å². The van der Waals surface area contributed by atoms with Gasteiger partial charge in [0.2, 0.25) is 0 Å². The van der Waals surface area contributed by atoms with Crippen molar-refractivity contribution in [2.75, 3.05) is 47.3 Å². The van der Waals surface area contributed by atoms with E-state index < -0.39 is 5.54 Å². The van der Waals surface area contributed by atoms with E-state index in [9.17, 15) is 9.59 Å². The molecule has 1 fully saturated rings. The zero-order chi connectivity index (χ0) is 16.3. The summed E-state index contributed by atoms with van der Waals surface area (Å²) < 4.78 is 0.689. The lowest BCUT2D eigenvalue weighted by molar-refractivity contribution is -0.889. The predicted molar refractivity (Wildman–Crippen MR) is 79.4 cm³/mol. The smallest absolute Gasteiger partial charge is 0.327 e. The SMILES string of the molecule is CN1C(=O)N(CCC[N+](C)(C)CCN=[N+]=[N-])C(=O)C1(C)C. The van der Waals surface area contributed by atoms with Crippen molar-refractivity contribution in [3.8, 4) is 0 Å². The van der Waals surface area contributed by atoms with Crippen LogP contribution in [0.15, 0.2) is 5.11 Å². The van der Waals surface area contributed by atoms with E-state index in [0.29, 0.717) is 17.6 Å². The number of imide groups is 1. The van der Waals surface area contributed by atoms with Crippen LogP contribution in [0.4, 0.5) is 4.79 Å². The Bertz CT molecular complexity index is 467. The average Bonchev–Trinajstić information content (AvgIpc) is 2.53. The van der Waals surface area contributed by atoms with Crippen LogP contribution in [-0.2, 0) is 4.79 Å². The second-order valence-electron chi connectivity index (χ2n) is 6.55. The topological polar surface area (TPSA) is 89.4 Å². The average molecular weight is 297 g/mol. The van der Waals surface area contributed by atoms with Crippen molar-refractivity contribution >= 4 is 11.9 Å². The molecule has 0 aromatic carbocycles. The molecular weight excluding hydrogens is 272 g/mol. The van der Waals surface area contributed by atoms with Gasteiger partial charge in [-0.2, -0.15) is 0 Å². The Morgan fingerprint density at radius 2 is 1.90 bits per heavy atom. The van der Waals surface area contributed by atoms with Gasteiger partial charge in [0.1, 0.15) is 5.54 Å². The van der Waals surface area contributed by atoms with Crippen LogP contribution in [0.3, 0.4) is 0 Å². The third-order valence-electron chi connectivity index (χ3n) is 4.14. The fourth-order valence-corrected chi connectivity index (χ4v) is 2.31. The molecule has 0 bridgehead atoms. The lowest BCUT2D eigenvalue weighted by Gasteiger charge is -2.29. The highest BCUT2D eigenvalue weighted by molar-refractivity contribution is 6.06. The molecule has 0 radical (unpaired) electrons. The monoisotopic (exact) mass is 297 g/mol. The fraction of sp³-hybridized carbons (Fsp3) is 0.846. The highest BCUT2D eigenvalue weighted by atomic mass is 16.2. The number of hydrogen-bond acceptors (Lipinski definition) is 3. The zero-order valence-corrected chi connectivity index (χ0v) is 13.5. The molecule has 8 nitrogen and oxygen atoms in total. The number of quaternary nitrogens is 1. The molecule has 0 spiro atoms. The summed E-state index contributed by atoms with van der Waals surface area (Å²) in [6, 6.07) is -0.232. The van der Waals surface area contributed by atoms with E-state index in [2.05, 4.69) is 10.0 Å². The number of amides is 3. The first-order valence-corrected chi connectivity index (χ1v) is 7.06. The molecule has 0 unspecified atom stereocenters. The number of urea groups is 1. The molecule has 0 aromatic rings. The number of likely N-dealkylation sites (N-methyl/N-ethyl adjacent to an activating group) is 2. The summed E-state index contributed by atoms with van der Waals surface area (Å²) in [5.41, 5.74) is 7.52. The van der Waals surface area contributed by atoms with Crippen LogP contribution in [0.2, 0.25) is 0 Å². The first-order valence-electron chi connectivity index (χ1n) is 7.06. The molecule has 1 saturated heterocycles. The van der Waals surface area contributed by atoms with E-state index in [-0.39, 0.29) is 11.9 Å². The summed E-state index contributed by atoms with van der Waals surface area (Å²) in [7, 11) is 5.73. The molecular formula is C13H25N6O2+. The molecule has 21 heavy (non-hydrogen) atoms. The maximum Gasteiger partial charge on any atom is 0.327 e. The van der Waals surface area contributed by atoms with Crippen molar-refractivity contribution < 1.29 is 14.1 Å². The van der Waals surface area contributed by atoms with E-state index in [1.165, 1.54) is 9.80 Å². The van der Waals surface area contributed by atoms with Crippen LogP contribution in [0.25, 0.3) is 10.4 Å². The second-order valence-corrected chi connectivity index (χ2v) is 6.55. The van der Waals surface area contributed by atoms with E-state index in [1.807, 2.05) is 14.1 Å².